The molecule has 2 heteroatoms. The Morgan fingerprint density at radius 3 is 2.25 bits per heavy atom. The van der Waals surface area contributed by atoms with Gasteiger partial charge in [-0.15, -0.1) is 0 Å². The Balaban J connectivity index is 1.82. The van der Waals surface area contributed by atoms with Gasteiger partial charge in [-0.05, 0) is 54.0 Å². The number of hydrogen-bond donors (Lipinski definition) is 1. The Kier molecular flexibility index (Phi) is 3.95. The molecule has 104 valence electrons. The molecule has 1 saturated carbocycles. The van der Waals surface area contributed by atoms with Gasteiger partial charge in [0, 0.05) is 4.47 Å². The van der Waals surface area contributed by atoms with Crippen molar-refractivity contribution in [2.24, 2.45) is 5.73 Å². The van der Waals surface area contributed by atoms with Gasteiger partial charge < -0.3 is 5.73 Å². The highest BCUT2D eigenvalue weighted by Gasteiger charge is 2.19. The van der Waals surface area contributed by atoms with Crippen LogP contribution in [0.3, 0.4) is 0 Å². The Labute approximate surface area is 129 Å². The summed E-state index contributed by atoms with van der Waals surface area (Å²) in [5, 5.41) is 0. The topological polar surface area (TPSA) is 26.0 Å². The number of hydrogen-bond acceptors (Lipinski definition) is 1. The Bertz CT molecular complexity index is 599. The van der Waals surface area contributed by atoms with E-state index in [9.17, 15) is 0 Å². The van der Waals surface area contributed by atoms with Crippen molar-refractivity contribution in [3.8, 4) is 0 Å². The van der Waals surface area contributed by atoms with E-state index in [1.54, 1.807) is 0 Å². The van der Waals surface area contributed by atoms with Crippen molar-refractivity contribution in [2.45, 2.75) is 38.1 Å². The first-order valence-corrected chi connectivity index (χ1v) is 8.06. The lowest BCUT2D eigenvalue weighted by Gasteiger charge is -2.26. The minimum Gasteiger partial charge on any atom is -0.320 e. The Morgan fingerprint density at radius 1 is 1.05 bits per heavy atom. The summed E-state index contributed by atoms with van der Waals surface area (Å²) in [6.45, 7) is 2.09. The van der Waals surface area contributed by atoms with Crippen molar-refractivity contribution in [3.05, 3.63) is 69.2 Å². The maximum atomic E-state index is 6.39. The Hall–Kier alpha value is -1.12. The molecule has 3 rings (SSSR count). The van der Waals surface area contributed by atoms with Crippen molar-refractivity contribution in [1.29, 1.82) is 0 Å². The van der Waals surface area contributed by atoms with E-state index < -0.39 is 0 Å². The summed E-state index contributed by atoms with van der Waals surface area (Å²) in [6.07, 6.45) is 4.07. The monoisotopic (exact) mass is 329 g/mol. The maximum Gasteiger partial charge on any atom is 0.0552 e. The summed E-state index contributed by atoms with van der Waals surface area (Å²) in [5.41, 5.74) is 11.4. The molecule has 0 heterocycles. The van der Waals surface area contributed by atoms with Crippen LogP contribution in [0, 0.1) is 6.92 Å². The largest absolute Gasteiger partial charge is 0.320 e. The highest BCUT2D eigenvalue weighted by molar-refractivity contribution is 9.10. The molecule has 0 radical (unpaired) electrons. The summed E-state index contributed by atoms with van der Waals surface area (Å²) in [4.78, 5) is 0. The molecule has 2 aromatic rings. The second-order valence-electron chi connectivity index (χ2n) is 5.78. The fourth-order valence-corrected chi connectivity index (χ4v) is 3.11. The molecule has 0 amide bonds. The van der Waals surface area contributed by atoms with Crippen LogP contribution in [-0.2, 0) is 0 Å². The zero-order valence-corrected chi connectivity index (χ0v) is 13.4. The first-order valence-electron chi connectivity index (χ1n) is 7.26. The molecule has 1 fully saturated rings. The van der Waals surface area contributed by atoms with Gasteiger partial charge in [-0.3, -0.25) is 0 Å². The van der Waals surface area contributed by atoms with Crippen LogP contribution in [0.25, 0.3) is 0 Å². The normalized spacial score (nSPS) is 16.8. The second kappa shape index (κ2) is 5.71. The van der Waals surface area contributed by atoms with Gasteiger partial charge in [0.1, 0.15) is 0 Å². The first kappa shape index (κ1) is 13.8. The molecule has 0 aromatic heterocycles. The third kappa shape index (κ3) is 2.68. The molecule has 0 spiro atoms. The first-order chi connectivity index (χ1) is 9.65. The quantitative estimate of drug-likeness (QED) is 0.835. The van der Waals surface area contributed by atoms with Gasteiger partial charge >= 0.3 is 0 Å². The van der Waals surface area contributed by atoms with Crippen LogP contribution in [0.2, 0.25) is 0 Å². The molecule has 1 nitrogen and oxygen atoms in total. The van der Waals surface area contributed by atoms with E-state index in [4.69, 9.17) is 5.73 Å². The molecule has 0 aliphatic heterocycles. The van der Waals surface area contributed by atoms with Gasteiger partial charge in [0.15, 0.2) is 0 Å². The van der Waals surface area contributed by atoms with Crippen molar-refractivity contribution in [3.63, 3.8) is 0 Å². The Morgan fingerprint density at radius 2 is 1.70 bits per heavy atom. The SMILES string of the molecule is Cc1ccc(C(N)c2ccc(C3CCC3)cc2)cc1Br. The van der Waals surface area contributed by atoms with Crippen LogP contribution in [0.1, 0.15) is 53.5 Å². The minimum absolute atomic E-state index is 0.0534. The number of rotatable bonds is 3. The van der Waals surface area contributed by atoms with Crippen molar-refractivity contribution in [2.75, 3.05) is 0 Å². The van der Waals surface area contributed by atoms with Crippen LogP contribution in [0.4, 0.5) is 0 Å². The van der Waals surface area contributed by atoms with Gasteiger partial charge in [0.05, 0.1) is 6.04 Å². The molecule has 0 bridgehead atoms. The van der Waals surface area contributed by atoms with Gasteiger partial charge in [-0.2, -0.15) is 0 Å². The molecule has 1 atom stereocenters. The fourth-order valence-electron chi connectivity index (χ4n) is 2.71. The maximum absolute atomic E-state index is 6.39. The summed E-state index contributed by atoms with van der Waals surface area (Å²) < 4.78 is 1.12. The average Bonchev–Trinajstić information content (AvgIpc) is 2.40. The third-order valence-corrected chi connectivity index (χ3v) is 5.28. The minimum atomic E-state index is -0.0534. The number of aryl methyl sites for hydroxylation is 1. The smallest absolute Gasteiger partial charge is 0.0552 e. The summed E-state index contributed by atoms with van der Waals surface area (Å²) in [5.74, 6) is 0.786. The van der Waals surface area contributed by atoms with E-state index in [-0.39, 0.29) is 6.04 Å². The lowest BCUT2D eigenvalue weighted by molar-refractivity contribution is 0.419. The van der Waals surface area contributed by atoms with E-state index in [0.29, 0.717) is 0 Å². The van der Waals surface area contributed by atoms with Crippen LogP contribution < -0.4 is 5.73 Å². The lowest BCUT2D eigenvalue weighted by Crippen LogP contribution is -2.13. The van der Waals surface area contributed by atoms with E-state index in [1.165, 1.54) is 36.0 Å². The van der Waals surface area contributed by atoms with Crippen LogP contribution >= 0.6 is 15.9 Å². The molecule has 1 aliphatic rings. The fraction of sp³-hybridized carbons (Fsp3) is 0.333. The number of halogens is 1. The average molecular weight is 330 g/mol. The summed E-state index contributed by atoms with van der Waals surface area (Å²) in [7, 11) is 0. The van der Waals surface area contributed by atoms with E-state index in [1.807, 2.05) is 0 Å². The molecular weight excluding hydrogens is 310 g/mol. The predicted molar refractivity (Wildman–Crippen MR) is 87.9 cm³/mol. The van der Waals surface area contributed by atoms with Gasteiger partial charge in [-0.25, -0.2) is 0 Å². The zero-order chi connectivity index (χ0) is 14.1. The van der Waals surface area contributed by atoms with Crippen molar-refractivity contribution in [1.82, 2.24) is 0 Å². The van der Waals surface area contributed by atoms with Gasteiger partial charge in [-0.1, -0.05) is 58.7 Å². The van der Waals surface area contributed by atoms with Gasteiger partial charge in [0.25, 0.3) is 0 Å². The second-order valence-corrected chi connectivity index (χ2v) is 6.64. The molecule has 2 aromatic carbocycles. The van der Waals surface area contributed by atoms with Crippen LogP contribution in [-0.4, -0.2) is 0 Å². The number of nitrogens with two attached hydrogens (primary N) is 1. The van der Waals surface area contributed by atoms with E-state index in [2.05, 4.69) is 65.3 Å². The predicted octanol–water partition coefficient (Wildman–Crippen LogP) is 5.07. The standard InChI is InChI=1S/C18H20BrN/c1-12-5-6-16(11-17(12)19)18(20)15-9-7-14(8-10-15)13-3-2-4-13/h5-11,13,18H,2-4,20H2,1H3. The van der Waals surface area contributed by atoms with Crippen LogP contribution in [0.5, 0.6) is 0 Å². The molecule has 0 saturated heterocycles. The van der Waals surface area contributed by atoms with Crippen molar-refractivity contribution < 1.29 is 0 Å². The highest BCUT2D eigenvalue weighted by Crippen LogP contribution is 2.36. The molecule has 2 N–H and O–H groups in total. The van der Waals surface area contributed by atoms with Crippen LogP contribution in [0.15, 0.2) is 46.9 Å². The molecule has 1 unspecified atom stereocenters. The molecular formula is C18H20BrN. The summed E-state index contributed by atoms with van der Waals surface area (Å²) >= 11 is 3.58. The zero-order valence-electron chi connectivity index (χ0n) is 11.8. The summed E-state index contributed by atoms with van der Waals surface area (Å²) in [6, 6.07) is 15.2. The van der Waals surface area contributed by atoms with E-state index in [0.717, 1.165) is 16.0 Å². The third-order valence-electron chi connectivity index (χ3n) is 4.43. The molecule has 20 heavy (non-hydrogen) atoms. The van der Waals surface area contributed by atoms with Crippen molar-refractivity contribution >= 4 is 15.9 Å². The number of benzene rings is 2. The highest BCUT2D eigenvalue weighted by atomic mass is 79.9. The molecule has 1 aliphatic carbocycles. The van der Waals surface area contributed by atoms with Gasteiger partial charge in [0.2, 0.25) is 0 Å². The van der Waals surface area contributed by atoms with E-state index >= 15 is 0 Å². The lowest BCUT2D eigenvalue weighted by atomic mass is 9.79.